The van der Waals surface area contributed by atoms with Crippen molar-refractivity contribution < 1.29 is 13.9 Å². The van der Waals surface area contributed by atoms with Crippen molar-refractivity contribution in [1.82, 2.24) is 20.6 Å². The molecule has 5 rings (SSSR count). The Kier molecular flexibility index (Phi) is 5.98. The van der Waals surface area contributed by atoms with Gasteiger partial charge < -0.3 is 26.0 Å². The molecule has 0 saturated carbocycles. The minimum absolute atomic E-state index is 0.00844. The Morgan fingerprint density at radius 2 is 2.15 bits per heavy atom. The highest BCUT2D eigenvalue weighted by Crippen LogP contribution is 2.37. The lowest BCUT2D eigenvalue weighted by atomic mass is 9.91. The number of pyridine rings is 1. The van der Waals surface area contributed by atoms with E-state index in [4.69, 9.17) is 10.5 Å². The van der Waals surface area contributed by atoms with Crippen LogP contribution in [0.1, 0.15) is 32.4 Å². The predicted molar refractivity (Wildman–Crippen MR) is 130 cm³/mol. The van der Waals surface area contributed by atoms with Gasteiger partial charge in [-0.05, 0) is 44.9 Å². The predicted octanol–water partition coefficient (Wildman–Crippen LogP) is 2.49. The molecule has 1 fully saturated rings. The number of aryl methyl sites for hydroxylation is 2. The van der Waals surface area contributed by atoms with E-state index in [1.807, 2.05) is 18.9 Å². The van der Waals surface area contributed by atoms with E-state index in [1.165, 1.54) is 22.7 Å². The van der Waals surface area contributed by atoms with Gasteiger partial charge in [0.2, 0.25) is 0 Å². The molecule has 3 aromatic rings. The Hall–Kier alpha value is -2.34. The van der Waals surface area contributed by atoms with Crippen molar-refractivity contribution in [1.29, 1.82) is 0 Å². The molecule has 1 amide bonds. The van der Waals surface area contributed by atoms with Gasteiger partial charge in [-0.25, -0.2) is 14.4 Å². The van der Waals surface area contributed by atoms with Crippen LogP contribution in [0.5, 0.6) is 0 Å². The van der Waals surface area contributed by atoms with E-state index >= 15 is 4.39 Å². The minimum Gasteiger partial charge on any atom is -0.396 e. The molecule has 1 saturated heterocycles. The zero-order valence-corrected chi connectivity index (χ0v) is 20.4. The lowest BCUT2D eigenvalue weighted by molar-refractivity contribution is 0.0938. The zero-order valence-electron chi connectivity index (χ0n) is 18.8. The van der Waals surface area contributed by atoms with Crippen LogP contribution in [0.3, 0.4) is 0 Å². The zero-order chi connectivity index (χ0) is 23.3. The highest BCUT2D eigenvalue weighted by atomic mass is 32.1. The molecule has 33 heavy (non-hydrogen) atoms. The Morgan fingerprint density at radius 1 is 1.33 bits per heavy atom. The van der Waals surface area contributed by atoms with E-state index in [0.29, 0.717) is 42.3 Å². The summed E-state index contributed by atoms with van der Waals surface area (Å²) < 4.78 is 21.4. The number of nitrogens with zero attached hydrogens (tertiary/aromatic N) is 3. The highest BCUT2D eigenvalue weighted by molar-refractivity contribution is 7.29. The Morgan fingerprint density at radius 3 is 2.85 bits per heavy atom. The summed E-state index contributed by atoms with van der Waals surface area (Å²) in [5, 5.41) is 7.24. The molecule has 3 unspecified atom stereocenters. The molecule has 4 N–H and O–H groups in total. The van der Waals surface area contributed by atoms with Crippen molar-refractivity contribution in [3.8, 4) is 0 Å². The summed E-state index contributed by atoms with van der Waals surface area (Å²) in [4.78, 5) is 25.2. The average Bonchev–Trinajstić information content (AvgIpc) is 3.46. The first-order valence-electron chi connectivity index (χ1n) is 11.0. The van der Waals surface area contributed by atoms with Gasteiger partial charge in [0.05, 0.1) is 27.5 Å². The number of carbonyl (C=O) groups is 1. The Balaban J connectivity index is 1.30. The number of nitrogens with one attached hydrogen (secondary N) is 2. The van der Waals surface area contributed by atoms with Gasteiger partial charge in [-0.2, -0.15) is 0 Å². The fraction of sp³-hybridized carbons (Fsp3) is 0.500. The number of hydrogen-bond acceptors (Lipinski definition) is 9. The van der Waals surface area contributed by atoms with Gasteiger partial charge in [0, 0.05) is 31.9 Å². The average molecular weight is 491 g/mol. The van der Waals surface area contributed by atoms with Crippen LogP contribution in [0.4, 0.5) is 15.9 Å². The molecule has 0 radical (unpaired) electrons. The summed E-state index contributed by atoms with van der Waals surface area (Å²) in [7, 11) is 3.56. The third-order valence-corrected chi connectivity index (χ3v) is 8.73. The van der Waals surface area contributed by atoms with E-state index in [1.54, 1.807) is 13.2 Å². The van der Waals surface area contributed by atoms with Crippen molar-refractivity contribution >= 4 is 49.6 Å². The number of hydrogen-bond donors (Lipinski definition) is 3. The van der Waals surface area contributed by atoms with Crippen LogP contribution in [0.15, 0.2) is 6.07 Å². The number of anilines is 2. The number of ether oxygens (including phenoxy) is 1. The minimum atomic E-state index is -0.337. The number of methoxy groups -OCH3 is 1. The van der Waals surface area contributed by atoms with Gasteiger partial charge in [-0.1, -0.05) is 0 Å². The number of rotatable bonds is 5. The van der Waals surface area contributed by atoms with Crippen LogP contribution >= 0.6 is 22.7 Å². The number of amides is 1. The van der Waals surface area contributed by atoms with E-state index in [-0.39, 0.29) is 29.9 Å². The van der Waals surface area contributed by atoms with Crippen LogP contribution in [-0.2, 0) is 17.6 Å². The van der Waals surface area contributed by atoms with Gasteiger partial charge in [-0.15, -0.1) is 22.7 Å². The van der Waals surface area contributed by atoms with Gasteiger partial charge in [0.1, 0.15) is 9.71 Å². The van der Waals surface area contributed by atoms with Crippen molar-refractivity contribution in [3.05, 3.63) is 33.0 Å². The number of nitrogens with two attached hydrogens (primary N) is 1. The molecule has 2 aliphatic rings. The Bertz CT molecular complexity index is 1200. The lowest BCUT2D eigenvalue weighted by Gasteiger charge is -2.27. The number of thiophene rings is 1. The maximum atomic E-state index is 15.0. The standard InChI is InChI=1S/C22H27FN6O2S2/c1-10-26-22-19(32-10)17(24)18(33-22)21(30)27-12-4-5-14-11(6-12)7-13(23)20(28-14)29-8-15(25-2)16(9-29)31-3/h7,12,15-16,25H,4-6,8-9,24H2,1-3H3,(H,27,30). The second-order valence-electron chi connectivity index (χ2n) is 8.60. The number of aromatic nitrogens is 2. The molecule has 0 spiro atoms. The van der Waals surface area contributed by atoms with E-state index < -0.39 is 0 Å². The number of halogens is 1. The second-order valence-corrected chi connectivity index (χ2v) is 10.8. The normalized spacial score (nSPS) is 22.7. The highest BCUT2D eigenvalue weighted by Gasteiger charge is 2.35. The largest absolute Gasteiger partial charge is 0.396 e. The molecule has 4 heterocycles. The van der Waals surface area contributed by atoms with Crippen LogP contribution in [0, 0.1) is 12.7 Å². The number of fused-ring (bicyclic) bond motifs is 2. The molecule has 3 atom stereocenters. The van der Waals surface area contributed by atoms with Crippen molar-refractivity contribution in [2.75, 3.05) is 37.9 Å². The molecule has 11 heteroatoms. The summed E-state index contributed by atoms with van der Waals surface area (Å²) >= 11 is 2.82. The molecular weight excluding hydrogens is 463 g/mol. The SMILES string of the molecule is CNC1CN(c2nc3c(cc2F)CC(NC(=O)c2sc4nc(C)sc4c2N)CC3)CC1OC. The van der Waals surface area contributed by atoms with Gasteiger partial charge in [0.15, 0.2) is 11.6 Å². The first kappa shape index (κ1) is 22.5. The molecule has 0 aromatic carbocycles. The summed E-state index contributed by atoms with van der Waals surface area (Å²) in [5.74, 6) is -0.151. The third-order valence-electron chi connectivity index (χ3n) is 6.49. The van der Waals surface area contributed by atoms with Gasteiger partial charge >= 0.3 is 0 Å². The fourth-order valence-electron chi connectivity index (χ4n) is 4.76. The smallest absolute Gasteiger partial charge is 0.263 e. The first-order valence-corrected chi connectivity index (χ1v) is 12.6. The number of carbonyl (C=O) groups excluding carboxylic acids is 1. The molecule has 1 aliphatic heterocycles. The Labute approximate surface area is 199 Å². The molecule has 1 aliphatic carbocycles. The maximum Gasteiger partial charge on any atom is 0.263 e. The van der Waals surface area contributed by atoms with Crippen LogP contribution in [0.25, 0.3) is 9.53 Å². The van der Waals surface area contributed by atoms with E-state index in [0.717, 1.165) is 32.2 Å². The van der Waals surface area contributed by atoms with Gasteiger partial charge in [0.25, 0.3) is 5.91 Å². The summed E-state index contributed by atoms with van der Waals surface area (Å²) in [5.41, 5.74) is 8.45. The lowest BCUT2D eigenvalue weighted by Crippen LogP contribution is -2.39. The van der Waals surface area contributed by atoms with Crippen LogP contribution in [0.2, 0.25) is 0 Å². The van der Waals surface area contributed by atoms with E-state index in [2.05, 4.69) is 20.6 Å². The van der Waals surface area contributed by atoms with Crippen molar-refractivity contribution in [2.45, 2.75) is 44.4 Å². The fourth-order valence-corrected chi connectivity index (χ4v) is 6.85. The maximum absolute atomic E-state index is 15.0. The molecule has 8 nitrogen and oxygen atoms in total. The summed E-state index contributed by atoms with van der Waals surface area (Å²) in [6.45, 7) is 3.16. The van der Waals surface area contributed by atoms with Crippen molar-refractivity contribution in [2.24, 2.45) is 0 Å². The summed E-state index contributed by atoms with van der Waals surface area (Å²) in [6.07, 6.45) is 1.96. The number of nitrogen functional groups attached to an aromatic ring is 1. The first-order chi connectivity index (χ1) is 15.9. The molecule has 0 bridgehead atoms. The summed E-state index contributed by atoms with van der Waals surface area (Å²) in [6, 6.07) is 1.61. The quantitative estimate of drug-likeness (QED) is 0.505. The number of thiazole rings is 1. The molecular formula is C22H27FN6O2S2. The number of likely N-dealkylation sites (N-methyl/N-ethyl adjacent to an activating group) is 1. The second kappa shape index (κ2) is 8.79. The third kappa shape index (κ3) is 4.07. The monoisotopic (exact) mass is 490 g/mol. The molecule has 176 valence electrons. The topological polar surface area (TPSA) is 105 Å². The molecule has 3 aromatic heterocycles. The van der Waals surface area contributed by atoms with Gasteiger partial charge in [-0.3, -0.25) is 4.79 Å². The van der Waals surface area contributed by atoms with Crippen LogP contribution < -0.4 is 21.3 Å². The van der Waals surface area contributed by atoms with Crippen molar-refractivity contribution in [3.63, 3.8) is 0 Å². The van der Waals surface area contributed by atoms with Crippen LogP contribution in [-0.4, -0.2) is 61.3 Å². The van der Waals surface area contributed by atoms with E-state index in [9.17, 15) is 4.79 Å².